The molecule has 5 aromatic carbocycles. The lowest BCUT2D eigenvalue weighted by molar-refractivity contribution is 0.284. The Hall–Kier alpha value is -5.15. The van der Waals surface area contributed by atoms with Gasteiger partial charge in [-0.1, -0.05) is 134 Å². The molecule has 0 amide bonds. The van der Waals surface area contributed by atoms with E-state index in [0.29, 0.717) is 23.4 Å². The largest absolute Gasteiger partial charge is 0.208 e. The van der Waals surface area contributed by atoms with Gasteiger partial charge in [-0.2, -0.15) is 0 Å². The van der Waals surface area contributed by atoms with Gasteiger partial charge in [0.15, 0.2) is 17.5 Å². The van der Waals surface area contributed by atoms with E-state index in [1.54, 1.807) is 5.57 Å². The Morgan fingerprint density at radius 1 is 0.543 bits per heavy atom. The van der Waals surface area contributed by atoms with Crippen molar-refractivity contribution in [2.75, 3.05) is 0 Å². The molecule has 3 heteroatoms. The van der Waals surface area contributed by atoms with Crippen molar-refractivity contribution in [1.82, 2.24) is 15.0 Å². The molecule has 3 nitrogen and oxygen atoms in total. The van der Waals surface area contributed by atoms with Crippen LogP contribution in [0.15, 0.2) is 139 Å². The lowest BCUT2D eigenvalue weighted by Gasteiger charge is -2.45. The van der Waals surface area contributed by atoms with Crippen molar-refractivity contribution in [1.29, 1.82) is 0 Å². The normalized spacial score (nSPS) is 21.0. The van der Waals surface area contributed by atoms with E-state index in [1.807, 2.05) is 36.4 Å². The van der Waals surface area contributed by atoms with Gasteiger partial charge in [-0.25, -0.2) is 15.0 Å². The summed E-state index contributed by atoms with van der Waals surface area (Å²) in [4.78, 5) is 14.9. The smallest absolute Gasteiger partial charge is 0.164 e. The first-order chi connectivity index (χ1) is 22.7. The number of nitrogens with zero attached hydrogens (tertiary/aromatic N) is 3. The standard InChI is InChI=1S/C43H35N3/c1-28-23-29-21-22-43(35(24-28)25-29)38-18-9-8-17-36(38)37-20-19-33(27-39(37)43)32-15-10-16-34(26-32)42-45-40(30-11-4-2-5-12-30)44-41(46-42)31-13-6-3-7-14-31/h2-20,24,26-29H,21-23,25H2,1H3. The van der Waals surface area contributed by atoms with Crippen LogP contribution in [0.4, 0.5) is 0 Å². The van der Waals surface area contributed by atoms with Gasteiger partial charge < -0.3 is 0 Å². The van der Waals surface area contributed by atoms with E-state index >= 15 is 0 Å². The molecule has 1 saturated carbocycles. The number of hydrogen-bond donors (Lipinski definition) is 0. The fourth-order valence-corrected chi connectivity index (χ4v) is 8.46. The van der Waals surface area contributed by atoms with Crippen molar-refractivity contribution >= 4 is 0 Å². The van der Waals surface area contributed by atoms with Gasteiger partial charge in [0.1, 0.15) is 0 Å². The maximum atomic E-state index is 5.00. The number of allylic oxidation sites excluding steroid dienone is 2. The van der Waals surface area contributed by atoms with E-state index in [2.05, 4.69) is 104 Å². The van der Waals surface area contributed by atoms with Gasteiger partial charge in [0.2, 0.25) is 0 Å². The van der Waals surface area contributed by atoms with Crippen molar-refractivity contribution in [2.45, 2.75) is 38.0 Å². The van der Waals surface area contributed by atoms with Gasteiger partial charge in [0, 0.05) is 22.1 Å². The van der Waals surface area contributed by atoms with Gasteiger partial charge in [0.25, 0.3) is 0 Å². The van der Waals surface area contributed by atoms with Crippen LogP contribution in [0.3, 0.4) is 0 Å². The third-order valence-corrected chi connectivity index (χ3v) is 10.5. The number of rotatable bonds is 4. The summed E-state index contributed by atoms with van der Waals surface area (Å²) in [5, 5.41) is 0. The maximum Gasteiger partial charge on any atom is 0.164 e. The van der Waals surface area contributed by atoms with Gasteiger partial charge in [-0.3, -0.25) is 0 Å². The molecule has 2 bridgehead atoms. The summed E-state index contributed by atoms with van der Waals surface area (Å²) in [6.45, 7) is 2.41. The molecule has 3 unspecified atom stereocenters. The Morgan fingerprint density at radius 2 is 1.13 bits per heavy atom. The van der Waals surface area contributed by atoms with Gasteiger partial charge >= 0.3 is 0 Å². The van der Waals surface area contributed by atoms with Crippen molar-refractivity contribution < 1.29 is 0 Å². The highest BCUT2D eigenvalue weighted by atomic mass is 15.0. The number of fused-ring (bicyclic) bond motifs is 8. The summed E-state index contributed by atoms with van der Waals surface area (Å²) in [5.74, 6) is 3.50. The quantitative estimate of drug-likeness (QED) is 0.191. The molecular formula is C43H35N3. The molecule has 3 aliphatic rings. The molecule has 222 valence electrons. The van der Waals surface area contributed by atoms with E-state index in [9.17, 15) is 0 Å². The zero-order valence-corrected chi connectivity index (χ0v) is 26.0. The lowest BCUT2D eigenvalue weighted by Crippen LogP contribution is -2.36. The molecule has 1 spiro atoms. The summed E-state index contributed by atoms with van der Waals surface area (Å²) in [6, 6.07) is 45.4. The van der Waals surface area contributed by atoms with Crippen molar-refractivity contribution in [3.8, 4) is 56.4 Å². The van der Waals surface area contributed by atoms with E-state index < -0.39 is 0 Å². The van der Waals surface area contributed by atoms with Gasteiger partial charge in [-0.15, -0.1) is 0 Å². The molecule has 1 aromatic heterocycles. The molecule has 0 saturated heterocycles. The van der Waals surface area contributed by atoms with Crippen LogP contribution in [0.2, 0.25) is 0 Å². The minimum atomic E-state index is -0.0197. The topological polar surface area (TPSA) is 38.7 Å². The zero-order chi connectivity index (χ0) is 30.7. The molecule has 0 N–H and O–H groups in total. The molecule has 1 heterocycles. The maximum absolute atomic E-state index is 5.00. The molecule has 46 heavy (non-hydrogen) atoms. The Labute approximate surface area is 270 Å². The highest BCUT2D eigenvalue weighted by molar-refractivity contribution is 5.86. The zero-order valence-electron chi connectivity index (χ0n) is 26.0. The monoisotopic (exact) mass is 593 g/mol. The minimum Gasteiger partial charge on any atom is -0.208 e. The number of aromatic nitrogens is 3. The van der Waals surface area contributed by atoms with Crippen molar-refractivity contribution in [3.63, 3.8) is 0 Å². The van der Waals surface area contributed by atoms with Crippen LogP contribution in [0.25, 0.3) is 56.4 Å². The molecule has 1 fully saturated rings. The van der Waals surface area contributed by atoms with E-state index in [-0.39, 0.29) is 5.41 Å². The van der Waals surface area contributed by atoms with Crippen LogP contribution in [-0.4, -0.2) is 15.0 Å². The highest BCUT2D eigenvalue weighted by Gasteiger charge is 2.49. The summed E-state index contributed by atoms with van der Waals surface area (Å²) in [7, 11) is 0. The molecule has 0 radical (unpaired) electrons. The molecular weight excluding hydrogens is 558 g/mol. The van der Waals surface area contributed by atoms with E-state index in [0.717, 1.165) is 22.6 Å². The second-order valence-electron chi connectivity index (χ2n) is 13.3. The molecule has 6 aromatic rings. The molecule has 3 aliphatic carbocycles. The summed E-state index contributed by atoms with van der Waals surface area (Å²) in [6.07, 6.45) is 7.66. The first-order valence-corrected chi connectivity index (χ1v) is 16.6. The Morgan fingerprint density at radius 3 is 1.87 bits per heavy atom. The number of hydrogen-bond acceptors (Lipinski definition) is 3. The summed E-state index contributed by atoms with van der Waals surface area (Å²) >= 11 is 0. The van der Waals surface area contributed by atoms with Crippen LogP contribution in [0.1, 0.15) is 43.7 Å². The Bertz CT molecular complexity index is 2070. The second kappa shape index (κ2) is 10.7. The predicted octanol–water partition coefficient (Wildman–Crippen LogP) is 10.6. The fourth-order valence-electron chi connectivity index (χ4n) is 8.46. The van der Waals surface area contributed by atoms with Gasteiger partial charge in [0.05, 0.1) is 0 Å². The fraction of sp³-hybridized carbons (Fsp3) is 0.186. The first kappa shape index (κ1) is 27.2. The van der Waals surface area contributed by atoms with Gasteiger partial charge in [-0.05, 0) is 83.0 Å². The lowest BCUT2D eigenvalue weighted by atomic mass is 9.58. The van der Waals surface area contributed by atoms with Crippen LogP contribution < -0.4 is 0 Å². The Kier molecular flexibility index (Phi) is 6.34. The molecule has 0 aliphatic heterocycles. The van der Waals surface area contributed by atoms with Crippen LogP contribution >= 0.6 is 0 Å². The average Bonchev–Trinajstić information content (AvgIpc) is 3.40. The first-order valence-electron chi connectivity index (χ1n) is 16.6. The average molecular weight is 594 g/mol. The summed E-state index contributed by atoms with van der Waals surface area (Å²) < 4.78 is 0. The third-order valence-electron chi connectivity index (χ3n) is 10.5. The van der Waals surface area contributed by atoms with E-state index in [1.165, 1.54) is 59.1 Å². The van der Waals surface area contributed by atoms with Crippen molar-refractivity contribution in [2.24, 2.45) is 11.8 Å². The van der Waals surface area contributed by atoms with Crippen LogP contribution in [-0.2, 0) is 5.41 Å². The van der Waals surface area contributed by atoms with Crippen molar-refractivity contribution in [3.05, 3.63) is 150 Å². The predicted molar refractivity (Wildman–Crippen MR) is 187 cm³/mol. The number of benzene rings is 5. The third kappa shape index (κ3) is 4.37. The second-order valence-corrected chi connectivity index (χ2v) is 13.3. The molecule has 3 atom stereocenters. The van der Waals surface area contributed by atoms with E-state index in [4.69, 9.17) is 15.0 Å². The highest BCUT2D eigenvalue weighted by Crippen LogP contribution is 2.61. The SMILES string of the molecule is CC1C=C2CC(CCC23c2ccccc2-c2ccc(-c4cccc(-c5nc(-c6ccccc6)nc(-c6ccccc6)n5)c4)cc23)C1. The van der Waals surface area contributed by atoms with Crippen LogP contribution in [0.5, 0.6) is 0 Å². The summed E-state index contributed by atoms with van der Waals surface area (Å²) in [5.41, 5.74) is 12.8. The molecule has 9 rings (SSSR count). The minimum absolute atomic E-state index is 0.0197. The van der Waals surface area contributed by atoms with Crippen LogP contribution in [0, 0.1) is 11.8 Å². The Balaban J connectivity index is 1.17.